The number of nitrogens with one attached hydrogen (secondary N) is 1. The Morgan fingerprint density at radius 3 is 2.39 bits per heavy atom. The Hall–Kier alpha value is -3.08. The number of carbonyl (C=O) groups excluding carboxylic acids is 1. The Bertz CT molecular complexity index is 1520. The number of anilines is 1. The van der Waals surface area contributed by atoms with Crippen molar-refractivity contribution in [2.45, 2.75) is 50.3 Å². The number of carbonyl (C=O) groups is 1. The summed E-state index contributed by atoms with van der Waals surface area (Å²) in [5.74, 6) is 0.188. The fourth-order valence-electron chi connectivity index (χ4n) is 5.01. The third-order valence-corrected chi connectivity index (χ3v) is 9.82. The van der Waals surface area contributed by atoms with Crippen LogP contribution in [-0.2, 0) is 22.9 Å². The van der Waals surface area contributed by atoms with Gasteiger partial charge in [-0.05, 0) is 93.0 Å². The highest BCUT2D eigenvalue weighted by Gasteiger charge is 2.27. The van der Waals surface area contributed by atoms with Crippen molar-refractivity contribution in [1.82, 2.24) is 19.1 Å². The molecule has 0 atom stereocenters. The molecular formula is C26H27N5O3S2. The topological polar surface area (TPSA) is 97.2 Å². The molecule has 2 aliphatic rings. The zero-order valence-corrected chi connectivity index (χ0v) is 21.7. The summed E-state index contributed by atoms with van der Waals surface area (Å²) in [5, 5.41) is 8.20. The molecule has 1 amide bonds. The molecule has 2 aromatic carbocycles. The van der Waals surface area contributed by atoms with Crippen molar-refractivity contribution in [2.75, 3.05) is 18.4 Å². The number of amides is 1. The highest BCUT2D eigenvalue weighted by molar-refractivity contribution is 7.89. The van der Waals surface area contributed by atoms with Crippen LogP contribution in [0.15, 0.2) is 47.4 Å². The maximum Gasteiger partial charge on any atom is 0.256 e. The van der Waals surface area contributed by atoms with Gasteiger partial charge in [-0.3, -0.25) is 4.79 Å². The predicted octanol–water partition coefficient (Wildman–Crippen LogP) is 4.71. The van der Waals surface area contributed by atoms with Gasteiger partial charge in [0.15, 0.2) is 0 Å². The summed E-state index contributed by atoms with van der Waals surface area (Å²) in [6.07, 6.45) is 6.41. The van der Waals surface area contributed by atoms with E-state index >= 15 is 0 Å². The van der Waals surface area contributed by atoms with E-state index in [4.69, 9.17) is 4.98 Å². The van der Waals surface area contributed by atoms with Crippen LogP contribution in [0.25, 0.3) is 15.3 Å². The van der Waals surface area contributed by atoms with Crippen molar-refractivity contribution in [3.05, 3.63) is 64.8 Å². The highest BCUT2D eigenvalue weighted by atomic mass is 32.2. The molecule has 1 aliphatic heterocycles. The predicted molar refractivity (Wildman–Crippen MR) is 141 cm³/mol. The van der Waals surface area contributed by atoms with Gasteiger partial charge in [-0.15, -0.1) is 0 Å². The molecule has 36 heavy (non-hydrogen) atoms. The molecule has 186 valence electrons. The first-order valence-electron chi connectivity index (χ1n) is 12.3. The Morgan fingerprint density at radius 1 is 0.972 bits per heavy atom. The van der Waals surface area contributed by atoms with Gasteiger partial charge in [0, 0.05) is 24.7 Å². The average Bonchev–Trinajstić information content (AvgIpc) is 3.62. The lowest BCUT2D eigenvalue weighted by atomic mass is 9.92. The molecular weight excluding hydrogens is 494 g/mol. The van der Waals surface area contributed by atoms with Crippen LogP contribution in [-0.4, -0.2) is 46.5 Å². The largest absolute Gasteiger partial charge is 0.306 e. The molecule has 8 nitrogen and oxygen atoms in total. The van der Waals surface area contributed by atoms with Crippen LogP contribution in [0.2, 0.25) is 0 Å². The summed E-state index contributed by atoms with van der Waals surface area (Å²) in [6, 6.07) is 12.3. The van der Waals surface area contributed by atoms with Crippen LogP contribution in [0.3, 0.4) is 0 Å². The summed E-state index contributed by atoms with van der Waals surface area (Å²) < 4.78 is 29.8. The first-order chi connectivity index (χ1) is 17.4. The summed E-state index contributed by atoms with van der Waals surface area (Å²) in [7, 11) is -3.52. The zero-order valence-electron chi connectivity index (χ0n) is 20.0. The van der Waals surface area contributed by atoms with Gasteiger partial charge in [-0.1, -0.05) is 11.3 Å². The van der Waals surface area contributed by atoms with Crippen molar-refractivity contribution in [3.63, 3.8) is 0 Å². The first kappa shape index (κ1) is 23.3. The molecule has 0 radical (unpaired) electrons. The molecule has 4 aromatic rings. The number of fused-ring (bicyclic) bond motifs is 2. The number of aromatic nitrogens is 3. The lowest BCUT2D eigenvalue weighted by Crippen LogP contribution is -2.27. The molecule has 6 rings (SSSR count). The van der Waals surface area contributed by atoms with E-state index in [1.54, 1.807) is 34.2 Å². The molecule has 1 saturated heterocycles. The number of benzene rings is 2. The standard InChI is InChI=1S/C26H27N5O3S2/c1-17-14-24(28-25(32)18-8-10-21(11-9-18)36(33,34)30-12-4-5-13-30)31(29-17)26-27-22-15-19-6-2-3-7-20(19)16-23(22)35-26/h8-11,14-16H,2-7,12-13H2,1H3,(H,28,32). The fourth-order valence-corrected chi connectivity index (χ4v) is 7.51. The van der Waals surface area contributed by atoms with Crippen LogP contribution in [0.5, 0.6) is 0 Å². The molecule has 0 bridgehead atoms. The van der Waals surface area contributed by atoms with Crippen molar-refractivity contribution in [3.8, 4) is 5.13 Å². The minimum Gasteiger partial charge on any atom is -0.306 e. The van der Waals surface area contributed by atoms with E-state index in [2.05, 4.69) is 22.5 Å². The molecule has 0 saturated carbocycles. The Balaban J connectivity index is 1.25. The van der Waals surface area contributed by atoms with Crippen LogP contribution >= 0.6 is 11.3 Å². The van der Waals surface area contributed by atoms with E-state index in [0.29, 0.717) is 29.6 Å². The van der Waals surface area contributed by atoms with E-state index in [0.717, 1.165) is 41.6 Å². The van der Waals surface area contributed by atoms with Crippen LogP contribution < -0.4 is 5.32 Å². The van der Waals surface area contributed by atoms with Gasteiger partial charge >= 0.3 is 0 Å². The minimum absolute atomic E-state index is 0.207. The first-order valence-corrected chi connectivity index (χ1v) is 14.5. The molecule has 0 spiro atoms. The lowest BCUT2D eigenvalue weighted by molar-refractivity contribution is 0.102. The van der Waals surface area contributed by atoms with E-state index in [1.807, 2.05) is 6.92 Å². The Kier molecular flexibility index (Phi) is 5.89. The number of rotatable bonds is 5. The lowest BCUT2D eigenvalue weighted by Gasteiger charge is -2.15. The van der Waals surface area contributed by atoms with Gasteiger partial charge in [0.1, 0.15) is 5.82 Å². The van der Waals surface area contributed by atoms with Crippen molar-refractivity contribution < 1.29 is 13.2 Å². The van der Waals surface area contributed by atoms with Gasteiger partial charge < -0.3 is 5.32 Å². The molecule has 3 heterocycles. The van der Waals surface area contributed by atoms with Crippen molar-refractivity contribution in [1.29, 1.82) is 0 Å². The van der Waals surface area contributed by atoms with Gasteiger partial charge in [0.25, 0.3) is 5.91 Å². The highest BCUT2D eigenvalue weighted by Crippen LogP contribution is 2.32. The summed E-state index contributed by atoms with van der Waals surface area (Å²) >= 11 is 1.56. The van der Waals surface area contributed by atoms with Gasteiger partial charge in [0.2, 0.25) is 15.2 Å². The Morgan fingerprint density at radius 2 is 1.67 bits per heavy atom. The fraction of sp³-hybridized carbons (Fsp3) is 0.346. The summed E-state index contributed by atoms with van der Waals surface area (Å²) in [6.45, 7) is 2.96. The maximum atomic E-state index is 13.0. The zero-order chi connectivity index (χ0) is 24.9. The van der Waals surface area contributed by atoms with Crippen LogP contribution in [0, 0.1) is 6.92 Å². The van der Waals surface area contributed by atoms with E-state index < -0.39 is 10.0 Å². The minimum atomic E-state index is -3.52. The Labute approximate surface area is 214 Å². The SMILES string of the molecule is Cc1cc(NC(=O)c2ccc(S(=O)(=O)N3CCCC3)cc2)n(-c2nc3cc4c(cc3s2)CCCC4)n1. The third-order valence-electron chi connectivity index (χ3n) is 6.91. The number of sulfonamides is 1. The summed E-state index contributed by atoms with van der Waals surface area (Å²) in [4.78, 5) is 18.1. The van der Waals surface area contributed by atoms with Gasteiger partial charge in [-0.25, -0.2) is 13.4 Å². The molecule has 2 aromatic heterocycles. The second kappa shape index (κ2) is 9.10. The summed E-state index contributed by atoms with van der Waals surface area (Å²) in [5.41, 5.74) is 4.87. The second-order valence-electron chi connectivity index (χ2n) is 9.46. The normalized spacial score (nSPS) is 16.4. The molecule has 10 heteroatoms. The van der Waals surface area contributed by atoms with E-state index in [9.17, 15) is 13.2 Å². The van der Waals surface area contributed by atoms with E-state index in [1.165, 1.54) is 40.4 Å². The molecule has 1 aliphatic carbocycles. The molecule has 1 N–H and O–H groups in total. The van der Waals surface area contributed by atoms with Gasteiger partial charge in [-0.2, -0.15) is 14.1 Å². The number of thiazole rings is 1. The van der Waals surface area contributed by atoms with Crippen molar-refractivity contribution in [2.24, 2.45) is 0 Å². The number of aryl methyl sites for hydroxylation is 3. The maximum absolute atomic E-state index is 13.0. The van der Waals surface area contributed by atoms with Crippen LogP contribution in [0.4, 0.5) is 5.82 Å². The molecule has 1 fully saturated rings. The number of hydrogen-bond donors (Lipinski definition) is 1. The quantitative estimate of drug-likeness (QED) is 0.410. The third kappa shape index (κ3) is 4.23. The molecule has 0 unspecified atom stereocenters. The number of nitrogens with zero attached hydrogens (tertiary/aromatic N) is 4. The van der Waals surface area contributed by atoms with Gasteiger partial charge in [0.05, 0.1) is 20.8 Å². The number of hydrogen-bond acceptors (Lipinski definition) is 6. The van der Waals surface area contributed by atoms with Crippen molar-refractivity contribution >= 4 is 43.3 Å². The smallest absolute Gasteiger partial charge is 0.256 e. The van der Waals surface area contributed by atoms with Crippen LogP contribution in [0.1, 0.15) is 52.9 Å². The monoisotopic (exact) mass is 521 g/mol. The second-order valence-corrected chi connectivity index (χ2v) is 12.4. The van der Waals surface area contributed by atoms with E-state index in [-0.39, 0.29) is 10.8 Å². The average molecular weight is 522 g/mol.